The van der Waals surface area contributed by atoms with E-state index < -0.39 is 5.82 Å². The number of hydrogen-bond acceptors (Lipinski definition) is 2. The molecule has 3 nitrogen and oxygen atoms in total. The van der Waals surface area contributed by atoms with Gasteiger partial charge in [0.1, 0.15) is 0 Å². The van der Waals surface area contributed by atoms with Gasteiger partial charge in [-0.15, -0.1) is 0 Å². The van der Waals surface area contributed by atoms with Crippen LogP contribution < -0.4 is 10.1 Å². The van der Waals surface area contributed by atoms with E-state index in [2.05, 4.69) is 27.3 Å². The Hall–Kier alpha value is -1.88. The normalized spacial score (nSPS) is 16.2. The molecule has 1 atom stereocenters. The van der Waals surface area contributed by atoms with Crippen molar-refractivity contribution in [2.75, 3.05) is 7.11 Å². The minimum absolute atomic E-state index is 0.0271. The summed E-state index contributed by atoms with van der Waals surface area (Å²) in [4.78, 5) is 12.3. The lowest BCUT2D eigenvalue weighted by atomic mass is 10.1. The van der Waals surface area contributed by atoms with E-state index in [0.717, 1.165) is 22.9 Å². The van der Waals surface area contributed by atoms with E-state index in [1.807, 2.05) is 12.1 Å². The van der Waals surface area contributed by atoms with Crippen LogP contribution in [0.3, 0.4) is 0 Å². The molecule has 0 fully saturated rings. The number of halogens is 2. The molecule has 2 aromatic carbocycles. The molecule has 0 saturated heterocycles. The minimum Gasteiger partial charge on any atom is -0.494 e. The summed E-state index contributed by atoms with van der Waals surface area (Å²) in [6.45, 7) is 0. The van der Waals surface area contributed by atoms with Gasteiger partial charge in [-0.3, -0.25) is 4.79 Å². The number of ether oxygens (including phenoxy) is 1. The van der Waals surface area contributed by atoms with Gasteiger partial charge in [0.05, 0.1) is 13.2 Å². The Bertz CT molecular complexity index is 733. The molecule has 1 unspecified atom stereocenters. The third-order valence-corrected chi connectivity index (χ3v) is 4.40. The summed E-state index contributed by atoms with van der Waals surface area (Å²) in [5.74, 6) is -0.680. The highest BCUT2D eigenvalue weighted by molar-refractivity contribution is 9.10. The maximum atomic E-state index is 13.7. The van der Waals surface area contributed by atoms with E-state index >= 15 is 0 Å². The highest BCUT2D eigenvalue weighted by atomic mass is 79.9. The van der Waals surface area contributed by atoms with Gasteiger partial charge in [0.15, 0.2) is 11.6 Å². The number of nitrogens with one attached hydrogen (secondary N) is 1. The zero-order valence-corrected chi connectivity index (χ0v) is 13.6. The molecular weight excluding hydrogens is 349 g/mol. The van der Waals surface area contributed by atoms with Gasteiger partial charge in [0.2, 0.25) is 0 Å². The molecule has 1 amide bonds. The molecule has 1 aliphatic rings. The largest absolute Gasteiger partial charge is 0.494 e. The molecule has 0 aromatic heterocycles. The van der Waals surface area contributed by atoms with Crippen LogP contribution in [-0.4, -0.2) is 13.0 Å². The lowest BCUT2D eigenvalue weighted by Gasteiger charge is -2.14. The van der Waals surface area contributed by atoms with Gasteiger partial charge < -0.3 is 10.1 Å². The Kier molecular flexibility index (Phi) is 4.16. The van der Waals surface area contributed by atoms with Crippen LogP contribution in [0.1, 0.15) is 33.9 Å². The quantitative estimate of drug-likeness (QED) is 0.894. The predicted molar refractivity (Wildman–Crippen MR) is 85.6 cm³/mol. The van der Waals surface area contributed by atoms with Crippen LogP contribution in [0, 0.1) is 5.82 Å². The molecule has 0 aliphatic heterocycles. The maximum Gasteiger partial charge on any atom is 0.251 e. The summed E-state index contributed by atoms with van der Waals surface area (Å²) < 4.78 is 19.6. The SMILES string of the molecule is COc1ccc(C(=O)NC2CCc3cc(Br)ccc32)cc1F. The average Bonchev–Trinajstić information content (AvgIpc) is 2.89. The second-order valence-corrected chi connectivity index (χ2v) is 6.17. The highest BCUT2D eigenvalue weighted by Gasteiger charge is 2.24. The molecule has 5 heteroatoms. The second-order valence-electron chi connectivity index (χ2n) is 5.26. The van der Waals surface area contributed by atoms with Crippen LogP contribution in [-0.2, 0) is 6.42 Å². The van der Waals surface area contributed by atoms with E-state index in [0.29, 0.717) is 5.56 Å². The fourth-order valence-corrected chi connectivity index (χ4v) is 3.19. The van der Waals surface area contributed by atoms with Crippen molar-refractivity contribution in [2.24, 2.45) is 0 Å². The van der Waals surface area contributed by atoms with Crippen molar-refractivity contribution in [3.63, 3.8) is 0 Å². The molecule has 2 aromatic rings. The molecule has 114 valence electrons. The highest BCUT2D eigenvalue weighted by Crippen LogP contribution is 2.33. The van der Waals surface area contributed by atoms with Gasteiger partial charge in [-0.1, -0.05) is 22.0 Å². The number of carbonyl (C=O) groups is 1. The standard InChI is InChI=1S/C17H15BrFNO2/c1-22-16-7-3-11(9-14(16)19)17(21)20-15-6-2-10-8-12(18)4-5-13(10)15/h3-5,7-9,15H,2,6H2,1H3,(H,20,21). The first-order chi connectivity index (χ1) is 10.6. The van der Waals surface area contributed by atoms with Gasteiger partial charge >= 0.3 is 0 Å². The van der Waals surface area contributed by atoms with Crippen molar-refractivity contribution in [3.05, 3.63) is 63.4 Å². The molecule has 0 bridgehead atoms. The van der Waals surface area contributed by atoms with Crippen molar-refractivity contribution in [3.8, 4) is 5.75 Å². The molecule has 0 heterocycles. The third kappa shape index (κ3) is 2.86. The van der Waals surface area contributed by atoms with Crippen molar-refractivity contribution in [2.45, 2.75) is 18.9 Å². The van der Waals surface area contributed by atoms with Crippen molar-refractivity contribution in [1.29, 1.82) is 0 Å². The summed E-state index contributed by atoms with van der Waals surface area (Å²) in [6.07, 6.45) is 1.78. The lowest BCUT2D eigenvalue weighted by Crippen LogP contribution is -2.27. The van der Waals surface area contributed by atoms with Crippen LogP contribution in [0.5, 0.6) is 5.75 Å². The van der Waals surface area contributed by atoms with Crippen LogP contribution in [0.4, 0.5) is 4.39 Å². The van der Waals surface area contributed by atoms with Crippen LogP contribution >= 0.6 is 15.9 Å². The fraction of sp³-hybridized carbons (Fsp3) is 0.235. The lowest BCUT2D eigenvalue weighted by molar-refractivity contribution is 0.0936. The Morgan fingerprint density at radius 2 is 2.14 bits per heavy atom. The van der Waals surface area contributed by atoms with Crippen molar-refractivity contribution >= 4 is 21.8 Å². The Labute approximate surface area is 136 Å². The first-order valence-corrected chi connectivity index (χ1v) is 7.80. The van der Waals surface area contributed by atoms with Crippen LogP contribution in [0.2, 0.25) is 0 Å². The molecule has 0 saturated carbocycles. The average molecular weight is 364 g/mol. The second kappa shape index (κ2) is 6.08. The summed E-state index contributed by atoms with van der Waals surface area (Å²) >= 11 is 3.45. The topological polar surface area (TPSA) is 38.3 Å². The number of aryl methyl sites for hydroxylation is 1. The predicted octanol–water partition coefficient (Wildman–Crippen LogP) is 4.01. The molecule has 0 radical (unpaired) electrons. The summed E-state index contributed by atoms with van der Waals surface area (Å²) in [6, 6.07) is 10.3. The smallest absolute Gasteiger partial charge is 0.251 e. The van der Waals surface area contributed by atoms with Crippen LogP contribution in [0.15, 0.2) is 40.9 Å². The molecule has 1 aliphatic carbocycles. The van der Waals surface area contributed by atoms with Gasteiger partial charge in [-0.2, -0.15) is 0 Å². The van der Waals surface area contributed by atoms with Gasteiger partial charge in [0, 0.05) is 10.0 Å². The monoisotopic (exact) mass is 363 g/mol. The zero-order valence-electron chi connectivity index (χ0n) is 12.0. The number of hydrogen-bond donors (Lipinski definition) is 1. The minimum atomic E-state index is -0.536. The van der Waals surface area contributed by atoms with Crippen LogP contribution in [0.25, 0.3) is 0 Å². The molecule has 3 rings (SSSR count). The van der Waals surface area contributed by atoms with E-state index in [-0.39, 0.29) is 17.7 Å². The van der Waals surface area contributed by atoms with E-state index in [1.54, 1.807) is 6.07 Å². The number of fused-ring (bicyclic) bond motifs is 1. The summed E-state index contributed by atoms with van der Waals surface area (Å²) in [7, 11) is 1.39. The Balaban J connectivity index is 1.77. The first-order valence-electron chi connectivity index (χ1n) is 7.01. The third-order valence-electron chi connectivity index (χ3n) is 3.90. The number of amides is 1. The summed E-state index contributed by atoms with van der Waals surface area (Å²) in [5, 5.41) is 2.97. The molecule has 0 spiro atoms. The van der Waals surface area contributed by atoms with E-state index in [4.69, 9.17) is 4.74 Å². The Morgan fingerprint density at radius 3 is 2.86 bits per heavy atom. The van der Waals surface area contributed by atoms with Gasteiger partial charge in [-0.05, 0) is 54.3 Å². The van der Waals surface area contributed by atoms with E-state index in [9.17, 15) is 9.18 Å². The molecule has 1 N–H and O–H groups in total. The molecule has 22 heavy (non-hydrogen) atoms. The number of methoxy groups -OCH3 is 1. The number of carbonyl (C=O) groups excluding carboxylic acids is 1. The van der Waals surface area contributed by atoms with E-state index in [1.165, 1.54) is 24.8 Å². The van der Waals surface area contributed by atoms with Crippen molar-refractivity contribution < 1.29 is 13.9 Å². The fourth-order valence-electron chi connectivity index (χ4n) is 2.79. The van der Waals surface area contributed by atoms with Gasteiger partial charge in [0.25, 0.3) is 5.91 Å². The number of rotatable bonds is 3. The summed E-state index contributed by atoms with van der Waals surface area (Å²) in [5.41, 5.74) is 2.66. The zero-order chi connectivity index (χ0) is 15.7. The maximum absolute atomic E-state index is 13.7. The Morgan fingerprint density at radius 1 is 1.32 bits per heavy atom. The first kappa shape index (κ1) is 15.0. The van der Waals surface area contributed by atoms with Crippen molar-refractivity contribution in [1.82, 2.24) is 5.32 Å². The van der Waals surface area contributed by atoms with Gasteiger partial charge in [-0.25, -0.2) is 4.39 Å². The number of benzene rings is 2. The molecular formula is C17H15BrFNO2.